The Morgan fingerprint density at radius 3 is 2.62 bits per heavy atom. The normalized spacial score (nSPS) is 19.8. The SMILES string of the molecule is CCCC[NH+]1C=CC=C1CCC.[F-]. The summed E-state index contributed by atoms with van der Waals surface area (Å²) in [6, 6.07) is 0. The molecule has 0 saturated carbocycles. The van der Waals surface area contributed by atoms with Crippen molar-refractivity contribution in [2.24, 2.45) is 0 Å². The molecule has 1 atom stereocenters. The minimum Gasteiger partial charge on any atom is -1.00 e. The van der Waals surface area contributed by atoms with Gasteiger partial charge in [0.1, 0.15) is 5.70 Å². The lowest BCUT2D eigenvalue weighted by molar-refractivity contribution is -0.804. The van der Waals surface area contributed by atoms with Crippen molar-refractivity contribution in [3.05, 3.63) is 24.0 Å². The highest BCUT2D eigenvalue weighted by molar-refractivity contribution is 5.10. The lowest BCUT2D eigenvalue weighted by atomic mass is 10.2. The highest BCUT2D eigenvalue weighted by Crippen LogP contribution is 2.01. The Labute approximate surface area is 80.5 Å². The van der Waals surface area contributed by atoms with Gasteiger partial charge in [-0.05, 0) is 18.9 Å². The van der Waals surface area contributed by atoms with E-state index in [1.54, 1.807) is 10.6 Å². The van der Waals surface area contributed by atoms with E-state index in [4.69, 9.17) is 0 Å². The van der Waals surface area contributed by atoms with Gasteiger partial charge in [0.15, 0.2) is 0 Å². The van der Waals surface area contributed by atoms with Crippen molar-refractivity contribution >= 4 is 0 Å². The second-order valence-corrected chi connectivity index (χ2v) is 3.43. The van der Waals surface area contributed by atoms with Gasteiger partial charge in [-0.25, -0.2) is 0 Å². The molecule has 13 heavy (non-hydrogen) atoms. The Morgan fingerprint density at radius 2 is 2.00 bits per heavy atom. The quantitative estimate of drug-likeness (QED) is 0.554. The van der Waals surface area contributed by atoms with Gasteiger partial charge in [-0.15, -0.1) is 0 Å². The standard InChI is InChI=1S/C11H19N.FH/c1-3-5-9-12-10-6-8-11(12)7-4-2;/h6,8,10H,3-5,7,9H2,1-2H3;1H. The maximum atomic E-state index is 2.28. The Hall–Kier alpha value is -0.630. The lowest BCUT2D eigenvalue weighted by Crippen LogP contribution is -3.04. The summed E-state index contributed by atoms with van der Waals surface area (Å²) in [6.45, 7) is 5.78. The summed E-state index contributed by atoms with van der Waals surface area (Å²) in [7, 11) is 0. The summed E-state index contributed by atoms with van der Waals surface area (Å²) in [6.07, 6.45) is 11.9. The van der Waals surface area contributed by atoms with E-state index in [-0.39, 0.29) is 4.70 Å². The Kier molecular flexibility index (Phi) is 6.51. The van der Waals surface area contributed by atoms with Crippen molar-refractivity contribution in [2.45, 2.75) is 39.5 Å². The van der Waals surface area contributed by atoms with Crippen LogP contribution in [0.2, 0.25) is 0 Å². The second-order valence-electron chi connectivity index (χ2n) is 3.43. The van der Waals surface area contributed by atoms with E-state index in [9.17, 15) is 0 Å². The molecule has 0 aromatic rings. The third-order valence-corrected chi connectivity index (χ3v) is 2.33. The fraction of sp³-hybridized carbons (Fsp3) is 0.636. The minimum absolute atomic E-state index is 0. The summed E-state index contributed by atoms with van der Waals surface area (Å²) < 4.78 is 0. The summed E-state index contributed by atoms with van der Waals surface area (Å²) in [4.78, 5) is 1.58. The highest BCUT2D eigenvalue weighted by Gasteiger charge is 2.14. The van der Waals surface area contributed by atoms with Crippen LogP contribution in [0.3, 0.4) is 0 Å². The first-order chi connectivity index (χ1) is 5.88. The van der Waals surface area contributed by atoms with E-state index in [1.807, 2.05) is 0 Å². The van der Waals surface area contributed by atoms with E-state index in [2.05, 4.69) is 32.2 Å². The van der Waals surface area contributed by atoms with Gasteiger partial charge in [-0.1, -0.05) is 20.3 Å². The monoisotopic (exact) mass is 185 g/mol. The molecule has 0 aliphatic carbocycles. The predicted octanol–water partition coefficient (Wildman–Crippen LogP) is -1.11. The summed E-state index contributed by atoms with van der Waals surface area (Å²) >= 11 is 0. The number of halogens is 1. The molecule has 76 valence electrons. The summed E-state index contributed by atoms with van der Waals surface area (Å²) in [5.74, 6) is 0. The zero-order valence-corrected chi connectivity index (χ0v) is 8.65. The van der Waals surface area contributed by atoms with Crippen molar-refractivity contribution in [3.8, 4) is 0 Å². The number of nitrogens with one attached hydrogen (secondary N) is 1. The highest BCUT2D eigenvalue weighted by atomic mass is 19.0. The van der Waals surface area contributed by atoms with Gasteiger partial charge in [-0.3, -0.25) is 4.90 Å². The molecule has 0 aromatic carbocycles. The number of quaternary nitrogens is 1. The molecule has 1 aliphatic heterocycles. The first kappa shape index (κ1) is 12.4. The average molecular weight is 185 g/mol. The van der Waals surface area contributed by atoms with E-state index in [0.717, 1.165) is 0 Å². The van der Waals surface area contributed by atoms with Crippen LogP contribution in [-0.2, 0) is 0 Å². The molecule has 0 aromatic heterocycles. The first-order valence-corrected chi connectivity index (χ1v) is 5.12. The summed E-state index contributed by atoms with van der Waals surface area (Å²) in [5.41, 5.74) is 1.57. The molecule has 1 unspecified atom stereocenters. The fourth-order valence-electron chi connectivity index (χ4n) is 1.62. The van der Waals surface area contributed by atoms with Gasteiger partial charge in [0, 0.05) is 12.5 Å². The number of allylic oxidation sites excluding steroid dienone is 3. The van der Waals surface area contributed by atoms with Crippen LogP contribution in [0, 0.1) is 0 Å². The van der Waals surface area contributed by atoms with Crippen molar-refractivity contribution in [2.75, 3.05) is 6.54 Å². The third-order valence-electron chi connectivity index (χ3n) is 2.33. The van der Waals surface area contributed by atoms with Gasteiger partial charge in [0.2, 0.25) is 0 Å². The first-order valence-electron chi connectivity index (χ1n) is 5.12. The van der Waals surface area contributed by atoms with Crippen LogP contribution >= 0.6 is 0 Å². The molecule has 0 amide bonds. The number of hydrogen-bond donors (Lipinski definition) is 1. The maximum Gasteiger partial charge on any atom is 0.112 e. The smallest absolute Gasteiger partial charge is 0.112 e. The van der Waals surface area contributed by atoms with Crippen LogP contribution in [0.4, 0.5) is 0 Å². The maximum absolute atomic E-state index is 2.28. The molecule has 0 radical (unpaired) electrons. The van der Waals surface area contributed by atoms with Gasteiger partial charge < -0.3 is 4.70 Å². The number of hydrogen-bond acceptors (Lipinski definition) is 0. The Morgan fingerprint density at radius 1 is 1.23 bits per heavy atom. The fourth-order valence-corrected chi connectivity index (χ4v) is 1.62. The molecule has 1 heterocycles. The lowest BCUT2D eigenvalue weighted by Gasteiger charge is -2.12. The third kappa shape index (κ3) is 3.73. The molecule has 1 rings (SSSR count). The second kappa shape index (κ2) is 6.84. The molecule has 1 N–H and O–H groups in total. The van der Waals surface area contributed by atoms with Crippen LogP contribution in [-0.4, -0.2) is 6.54 Å². The van der Waals surface area contributed by atoms with Crippen LogP contribution in [0.1, 0.15) is 39.5 Å². The molecular weight excluding hydrogens is 165 g/mol. The minimum atomic E-state index is 0. The van der Waals surface area contributed by atoms with Crippen molar-refractivity contribution in [1.82, 2.24) is 0 Å². The average Bonchev–Trinajstić information content (AvgIpc) is 2.50. The van der Waals surface area contributed by atoms with Gasteiger partial charge >= 0.3 is 0 Å². The zero-order valence-electron chi connectivity index (χ0n) is 8.65. The van der Waals surface area contributed by atoms with Crippen LogP contribution in [0.25, 0.3) is 0 Å². The number of unbranched alkanes of at least 4 members (excludes halogenated alkanes) is 1. The molecule has 2 heteroatoms. The Bertz CT molecular complexity index is 185. The molecule has 0 bridgehead atoms. The summed E-state index contributed by atoms with van der Waals surface area (Å²) in [5, 5.41) is 0. The molecule has 0 spiro atoms. The van der Waals surface area contributed by atoms with E-state index in [1.165, 1.54) is 32.2 Å². The van der Waals surface area contributed by atoms with Crippen LogP contribution in [0.15, 0.2) is 24.0 Å². The largest absolute Gasteiger partial charge is 1.00 e. The van der Waals surface area contributed by atoms with Crippen LogP contribution in [0.5, 0.6) is 0 Å². The van der Waals surface area contributed by atoms with Crippen molar-refractivity contribution in [1.29, 1.82) is 0 Å². The molecular formula is C11H20FN. The molecule has 1 aliphatic rings. The van der Waals surface area contributed by atoms with Crippen LogP contribution < -0.4 is 9.60 Å². The van der Waals surface area contributed by atoms with Gasteiger partial charge in [0.25, 0.3) is 0 Å². The topological polar surface area (TPSA) is 4.44 Å². The Balaban J connectivity index is 0.00000144. The van der Waals surface area contributed by atoms with Gasteiger partial charge in [-0.2, -0.15) is 0 Å². The van der Waals surface area contributed by atoms with Crippen molar-refractivity contribution < 1.29 is 9.60 Å². The van der Waals surface area contributed by atoms with Crippen molar-refractivity contribution in [3.63, 3.8) is 0 Å². The molecule has 1 nitrogen and oxygen atoms in total. The molecule has 0 fully saturated rings. The van der Waals surface area contributed by atoms with Gasteiger partial charge in [0.05, 0.1) is 12.7 Å². The van der Waals surface area contributed by atoms with E-state index < -0.39 is 0 Å². The predicted molar refractivity (Wildman–Crippen MR) is 52.9 cm³/mol. The van der Waals surface area contributed by atoms with E-state index >= 15 is 0 Å². The van der Waals surface area contributed by atoms with E-state index in [0.29, 0.717) is 0 Å². The molecule has 0 saturated heterocycles. The number of rotatable bonds is 5. The zero-order chi connectivity index (χ0) is 8.81.